The lowest BCUT2D eigenvalue weighted by Crippen LogP contribution is -2.15. The minimum Gasteiger partial charge on any atom is -0.449 e. The molecule has 1 N–H and O–H groups in total. The average Bonchev–Trinajstić information content (AvgIpc) is 3.01. The van der Waals surface area contributed by atoms with Gasteiger partial charge in [0.2, 0.25) is 0 Å². The van der Waals surface area contributed by atoms with E-state index in [1.165, 1.54) is 18.2 Å². The van der Waals surface area contributed by atoms with E-state index in [-0.39, 0.29) is 29.6 Å². The molecular formula is C13H13NO7. The molecule has 3 rings (SSSR count). The second kappa shape index (κ2) is 5.30. The molecule has 112 valence electrons. The predicted octanol–water partition coefficient (Wildman–Crippen LogP) is 2.13. The van der Waals surface area contributed by atoms with Crippen LogP contribution in [0.1, 0.15) is 17.9 Å². The molecule has 21 heavy (non-hydrogen) atoms. The van der Waals surface area contributed by atoms with Crippen molar-refractivity contribution in [3.63, 3.8) is 0 Å². The third kappa shape index (κ3) is 2.55. The molecule has 2 heterocycles. The Balaban J connectivity index is 1.99. The fourth-order valence-corrected chi connectivity index (χ4v) is 2.91. The quantitative estimate of drug-likeness (QED) is 0.394. The first-order chi connectivity index (χ1) is 10.1. The lowest BCUT2D eigenvalue weighted by Gasteiger charge is -2.17. The summed E-state index contributed by atoms with van der Waals surface area (Å²) in [5, 5.41) is 19.7. The number of hydrogen-bond donors (Lipinski definition) is 1. The first-order valence-electron chi connectivity index (χ1n) is 6.48. The molecule has 8 heteroatoms. The van der Waals surface area contributed by atoms with Crippen LogP contribution < -0.4 is 4.74 Å². The number of hydrogen-bond acceptors (Lipinski definition) is 6. The molecule has 0 unspecified atom stereocenters. The Morgan fingerprint density at radius 3 is 2.95 bits per heavy atom. The Kier molecular flexibility index (Phi) is 3.48. The van der Waals surface area contributed by atoms with E-state index in [0.29, 0.717) is 18.8 Å². The van der Waals surface area contributed by atoms with Crippen LogP contribution in [-0.4, -0.2) is 35.7 Å². The minimum absolute atomic E-state index is 0.0585. The van der Waals surface area contributed by atoms with E-state index in [9.17, 15) is 14.9 Å². The van der Waals surface area contributed by atoms with Gasteiger partial charge in [0.25, 0.3) is 5.69 Å². The minimum atomic E-state index is -1.46. The monoisotopic (exact) mass is 295 g/mol. The molecule has 0 radical (unpaired) electrons. The van der Waals surface area contributed by atoms with E-state index in [0.717, 1.165) is 6.42 Å². The lowest BCUT2D eigenvalue weighted by atomic mass is 9.86. The molecule has 2 fully saturated rings. The van der Waals surface area contributed by atoms with Crippen molar-refractivity contribution >= 4 is 11.8 Å². The van der Waals surface area contributed by atoms with Crippen LogP contribution in [0.25, 0.3) is 0 Å². The summed E-state index contributed by atoms with van der Waals surface area (Å²) in [4.78, 5) is 21.2. The van der Waals surface area contributed by atoms with Gasteiger partial charge in [0, 0.05) is 29.5 Å². The van der Waals surface area contributed by atoms with Crippen molar-refractivity contribution in [1.82, 2.24) is 0 Å². The molecular weight excluding hydrogens is 282 g/mol. The summed E-state index contributed by atoms with van der Waals surface area (Å²) >= 11 is 0. The molecule has 3 atom stereocenters. The van der Waals surface area contributed by atoms with Gasteiger partial charge < -0.3 is 19.3 Å². The number of non-ortho nitro benzene ring substituents is 1. The molecule has 2 saturated heterocycles. The molecule has 8 nitrogen and oxygen atoms in total. The van der Waals surface area contributed by atoms with Gasteiger partial charge in [-0.3, -0.25) is 10.1 Å². The highest BCUT2D eigenvalue weighted by molar-refractivity contribution is 5.63. The van der Waals surface area contributed by atoms with Crippen LogP contribution in [0.4, 0.5) is 10.5 Å². The summed E-state index contributed by atoms with van der Waals surface area (Å²) in [5.74, 6) is -0.0100. The normalized spacial score (nSPS) is 27.3. The number of nitrogens with zero attached hydrogens (tertiary/aromatic N) is 1. The van der Waals surface area contributed by atoms with E-state index >= 15 is 0 Å². The second-order valence-electron chi connectivity index (χ2n) is 4.98. The van der Waals surface area contributed by atoms with Gasteiger partial charge in [-0.2, -0.15) is 0 Å². The summed E-state index contributed by atoms with van der Waals surface area (Å²) in [7, 11) is 0. The summed E-state index contributed by atoms with van der Waals surface area (Å²) in [6, 6.07) is 3.89. The SMILES string of the molecule is O=C(O)Oc1ccc([N+](=O)[O-])cc1[C@@H]1CO[C@H]2OCC[C@H]21. The van der Waals surface area contributed by atoms with Crippen molar-refractivity contribution in [2.75, 3.05) is 13.2 Å². The number of carboxylic acid groups (broad SMARTS) is 1. The Labute approximate surface area is 119 Å². The Morgan fingerprint density at radius 2 is 2.24 bits per heavy atom. The zero-order chi connectivity index (χ0) is 15.0. The van der Waals surface area contributed by atoms with Crippen LogP contribution in [0.3, 0.4) is 0 Å². The number of fused-ring (bicyclic) bond motifs is 1. The largest absolute Gasteiger partial charge is 0.511 e. The standard InChI is InChI=1S/C13H13NO7/c15-13(16)21-11-2-1-7(14(17)18)5-9(11)10-6-20-12-8(10)3-4-19-12/h1-2,5,8,10,12H,3-4,6H2,(H,15,16)/t8-,10+,12+/m0/s1. The van der Waals surface area contributed by atoms with Crippen LogP contribution in [0.5, 0.6) is 5.75 Å². The molecule has 0 aromatic heterocycles. The van der Waals surface area contributed by atoms with Gasteiger partial charge in [-0.15, -0.1) is 0 Å². The number of ether oxygens (including phenoxy) is 3. The van der Waals surface area contributed by atoms with Gasteiger partial charge in [-0.25, -0.2) is 4.79 Å². The fourth-order valence-electron chi connectivity index (χ4n) is 2.91. The smallest absolute Gasteiger partial charge is 0.449 e. The summed E-state index contributed by atoms with van der Waals surface area (Å²) in [5.41, 5.74) is 0.370. The van der Waals surface area contributed by atoms with Crippen molar-refractivity contribution in [2.24, 2.45) is 5.92 Å². The van der Waals surface area contributed by atoms with E-state index in [1.54, 1.807) is 0 Å². The number of benzene rings is 1. The number of rotatable bonds is 3. The van der Waals surface area contributed by atoms with Crippen LogP contribution >= 0.6 is 0 Å². The molecule has 0 spiro atoms. The van der Waals surface area contributed by atoms with Crippen molar-refractivity contribution in [2.45, 2.75) is 18.6 Å². The second-order valence-corrected chi connectivity index (χ2v) is 4.98. The van der Waals surface area contributed by atoms with Crippen molar-refractivity contribution in [3.05, 3.63) is 33.9 Å². The molecule has 2 aliphatic heterocycles. The maximum absolute atomic E-state index is 10.9. The first-order valence-corrected chi connectivity index (χ1v) is 6.48. The van der Waals surface area contributed by atoms with Crippen molar-refractivity contribution in [1.29, 1.82) is 0 Å². The van der Waals surface area contributed by atoms with Gasteiger partial charge in [0.05, 0.1) is 18.1 Å². The molecule has 0 saturated carbocycles. The van der Waals surface area contributed by atoms with Crippen LogP contribution in [0, 0.1) is 16.0 Å². The summed E-state index contributed by atoms with van der Waals surface area (Å²) in [6.07, 6.45) is -1.01. The molecule has 0 aliphatic carbocycles. The van der Waals surface area contributed by atoms with E-state index in [1.807, 2.05) is 0 Å². The summed E-state index contributed by atoms with van der Waals surface area (Å²) in [6.45, 7) is 0.891. The Hall–Kier alpha value is -2.19. The Morgan fingerprint density at radius 1 is 1.43 bits per heavy atom. The zero-order valence-electron chi connectivity index (χ0n) is 10.9. The van der Waals surface area contributed by atoms with Crippen molar-refractivity contribution < 1.29 is 29.0 Å². The number of carbonyl (C=O) groups is 1. The molecule has 1 aromatic carbocycles. The predicted molar refractivity (Wildman–Crippen MR) is 68.3 cm³/mol. The van der Waals surface area contributed by atoms with E-state index < -0.39 is 11.1 Å². The Bertz CT molecular complexity index is 588. The summed E-state index contributed by atoms with van der Waals surface area (Å²) < 4.78 is 15.7. The topological polar surface area (TPSA) is 108 Å². The third-order valence-corrected chi connectivity index (χ3v) is 3.84. The van der Waals surface area contributed by atoms with Gasteiger partial charge in [0.1, 0.15) is 5.75 Å². The van der Waals surface area contributed by atoms with Crippen LogP contribution in [0.15, 0.2) is 18.2 Å². The lowest BCUT2D eigenvalue weighted by molar-refractivity contribution is -0.385. The van der Waals surface area contributed by atoms with E-state index in [4.69, 9.17) is 19.3 Å². The highest BCUT2D eigenvalue weighted by atomic mass is 16.7. The molecule has 2 aliphatic rings. The van der Waals surface area contributed by atoms with Gasteiger partial charge in [0.15, 0.2) is 6.29 Å². The maximum Gasteiger partial charge on any atom is 0.511 e. The molecule has 0 amide bonds. The average molecular weight is 295 g/mol. The maximum atomic E-state index is 10.9. The van der Waals surface area contributed by atoms with Crippen molar-refractivity contribution in [3.8, 4) is 5.75 Å². The third-order valence-electron chi connectivity index (χ3n) is 3.84. The first kappa shape index (κ1) is 13.8. The number of nitro groups is 1. The van der Waals surface area contributed by atoms with E-state index in [2.05, 4.69) is 0 Å². The zero-order valence-corrected chi connectivity index (χ0v) is 10.9. The molecule has 1 aromatic rings. The van der Waals surface area contributed by atoms with Gasteiger partial charge in [-0.1, -0.05) is 0 Å². The molecule has 0 bridgehead atoms. The van der Waals surface area contributed by atoms with Gasteiger partial charge in [-0.05, 0) is 12.5 Å². The fraction of sp³-hybridized carbons (Fsp3) is 0.462. The number of nitro benzene ring substituents is 1. The van der Waals surface area contributed by atoms with Gasteiger partial charge >= 0.3 is 6.16 Å². The van der Waals surface area contributed by atoms with Crippen LogP contribution in [0.2, 0.25) is 0 Å². The highest BCUT2D eigenvalue weighted by Gasteiger charge is 2.43. The van der Waals surface area contributed by atoms with Crippen LogP contribution in [-0.2, 0) is 9.47 Å². The highest BCUT2D eigenvalue weighted by Crippen LogP contribution is 2.45.